The van der Waals surface area contributed by atoms with Crippen LogP contribution in [0.2, 0.25) is 0 Å². The van der Waals surface area contributed by atoms with Gasteiger partial charge < -0.3 is 24.8 Å². The van der Waals surface area contributed by atoms with E-state index in [9.17, 15) is 14.9 Å². The number of methoxy groups -OCH3 is 1. The van der Waals surface area contributed by atoms with E-state index in [0.29, 0.717) is 61.8 Å². The van der Waals surface area contributed by atoms with E-state index in [1.54, 1.807) is 19.4 Å². The van der Waals surface area contributed by atoms with Crippen LogP contribution in [0.25, 0.3) is 11.0 Å². The van der Waals surface area contributed by atoms with Gasteiger partial charge >= 0.3 is 0 Å². The Kier molecular flexibility index (Phi) is 7.64. The molecule has 0 atom stereocenters. The number of aromatic nitrogens is 3. The van der Waals surface area contributed by atoms with E-state index in [4.69, 9.17) is 4.74 Å². The average Bonchev–Trinajstić information content (AvgIpc) is 3.48. The molecule has 0 unspecified atom stereocenters. The number of amides is 2. The number of benzene rings is 2. The lowest BCUT2D eigenvalue weighted by molar-refractivity contribution is -0.118. The Labute approximate surface area is 232 Å². The van der Waals surface area contributed by atoms with Crippen LogP contribution in [0.1, 0.15) is 35.7 Å². The van der Waals surface area contributed by atoms with Crippen LogP contribution in [-0.4, -0.2) is 65.0 Å². The number of H-pyrrole nitrogens is 1. The summed E-state index contributed by atoms with van der Waals surface area (Å²) >= 11 is 0. The average molecular weight is 538 g/mol. The predicted molar refractivity (Wildman–Crippen MR) is 151 cm³/mol. The number of rotatable bonds is 8. The van der Waals surface area contributed by atoms with E-state index in [1.807, 2.05) is 58.3 Å². The van der Waals surface area contributed by atoms with Gasteiger partial charge in [0.05, 0.1) is 24.0 Å². The summed E-state index contributed by atoms with van der Waals surface area (Å²) in [6.07, 6.45) is 4.37. The highest BCUT2D eigenvalue weighted by Gasteiger charge is 2.38. The summed E-state index contributed by atoms with van der Waals surface area (Å²) in [5, 5.41) is 13.8. The summed E-state index contributed by atoms with van der Waals surface area (Å²) in [5.41, 5.74) is 2.28. The number of hydrogen-bond acceptors (Lipinski definition) is 7. The molecule has 1 aliphatic heterocycles. The minimum absolute atomic E-state index is 0.0877. The molecule has 10 nitrogen and oxygen atoms in total. The van der Waals surface area contributed by atoms with Gasteiger partial charge in [-0.25, -0.2) is 9.97 Å². The van der Waals surface area contributed by atoms with Crippen molar-refractivity contribution in [3.05, 3.63) is 78.2 Å². The van der Waals surface area contributed by atoms with Gasteiger partial charge in [0.25, 0.3) is 5.91 Å². The fraction of sp³-hybridized carbons (Fsp3) is 0.300. The molecule has 0 radical (unpaired) electrons. The van der Waals surface area contributed by atoms with Gasteiger partial charge in [-0.1, -0.05) is 18.2 Å². The second kappa shape index (κ2) is 11.5. The van der Waals surface area contributed by atoms with Gasteiger partial charge in [-0.3, -0.25) is 9.59 Å². The van der Waals surface area contributed by atoms with Crippen molar-refractivity contribution in [3.63, 3.8) is 0 Å². The molecule has 1 saturated heterocycles. The third-order valence-electron chi connectivity index (χ3n) is 7.44. The van der Waals surface area contributed by atoms with Crippen molar-refractivity contribution in [2.45, 2.75) is 25.2 Å². The lowest BCUT2D eigenvalue weighted by Gasteiger charge is -2.38. The Morgan fingerprint density at radius 3 is 2.70 bits per heavy atom. The first-order valence-corrected chi connectivity index (χ1v) is 13.2. The third-order valence-corrected chi connectivity index (χ3v) is 7.44. The number of ether oxygens (including phenoxy) is 1. The van der Waals surface area contributed by atoms with Crippen LogP contribution in [0.5, 0.6) is 5.75 Å². The van der Waals surface area contributed by atoms with Gasteiger partial charge in [-0.15, -0.1) is 0 Å². The second-order valence-electron chi connectivity index (χ2n) is 9.84. The number of carbonyl (C=O) groups excluding carboxylic acids is 2. The van der Waals surface area contributed by atoms with Crippen molar-refractivity contribution in [2.24, 2.45) is 0 Å². The number of anilines is 2. The minimum Gasteiger partial charge on any atom is -0.497 e. The van der Waals surface area contributed by atoms with Crippen molar-refractivity contribution in [3.8, 4) is 11.8 Å². The smallest absolute Gasteiger partial charge is 0.253 e. The molecular formula is C30H31N7O3. The summed E-state index contributed by atoms with van der Waals surface area (Å²) in [4.78, 5) is 40.9. The van der Waals surface area contributed by atoms with Gasteiger partial charge in [0, 0.05) is 50.6 Å². The standard InChI is InChI=1S/C30H31N7O3/c1-21(38)32-13-16-37(28-26-9-12-33-27(26)34-20-35-28)24-7-3-5-22(17-24)29(39)36-14-10-30(19-31,11-15-36)23-6-4-8-25(18-23)40-2/h3-9,12,17-18,20H,10-11,13-16H2,1-2H3,(H,32,38)(H,33,34,35). The van der Waals surface area contributed by atoms with Crippen LogP contribution in [0, 0.1) is 11.3 Å². The number of nitrogens with zero attached hydrogens (tertiary/aromatic N) is 5. The van der Waals surface area contributed by atoms with Crippen molar-refractivity contribution < 1.29 is 14.3 Å². The largest absolute Gasteiger partial charge is 0.497 e. The summed E-state index contributed by atoms with van der Waals surface area (Å²) in [6, 6.07) is 19.5. The zero-order chi connectivity index (χ0) is 28.1. The predicted octanol–water partition coefficient (Wildman–Crippen LogP) is 3.94. The van der Waals surface area contributed by atoms with Crippen molar-refractivity contribution in [2.75, 3.05) is 38.2 Å². The molecule has 2 aromatic carbocycles. The van der Waals surface area contributed by atoms with Crippen LogP contribution < -0.4 is 15.0 Å². The van der Waals surface area contributed by atoms with Crippen molar-refractivity contribution >= 4 is 34.4 Å². The quantitative estimate of drug-likeness (QED) is 0.349. The summed E-state index contributed by atoms with van der Waals surface area (Å²) < 4.78 is 5.36. The zero-order valence-electron chi connectivity index (χ0n) is 22.6. The Hall–Kier alpha value is -4.91. The minimum atomic E-state index is -0.664. The topological polar surface area (TPSA) is 127 Å². The maximum Gasteiger partial charge on any atom is 0.253 e. The molecule has 204 valence electrons. The third kappa shape index (κ3) is 5.31. The summed E-state index contributed by atoms with van der Waals surface area (Å²) in [5.74, 6) is 1.18. The van der Waals surface area contributed by atoms with Crippen molar-refractivity contribution in [1.29, 1.82) is 5.26 Å². The van der Waals surface area contributed by atoms with Gasteiger partial charge in [0.15, 0.2) is 0 Å². The summed E-state index contributed by atoms with van der Waals surface area (Å²) in [7, 11) is 1.61. The first kappa shape index (κ1) is 26.7. The Balaban J connectivity index is 1.38. The van der Waals surface area contributed by atoms with E-state index in [0.717, 1.165) is 16.6 Å². The van der Waals surface area contributed by atoms with Gasteiger partial charge in [0.2, 0.25) is 5.91 Å². The Morgan fingerprint density at radius 1 is 1.15 bits per heavy atom. The van der Waals surface area contributed by atoms with Crippen molar-refractivity contribution in [1.82, 2.24) is 25.2 Å². The van der Waals surface area contributed by atoms with Crippen LogP contribution >= 0.6 is 0 Å². The van der Waals surface area contributed by atoms with Crippen LogP contribution in [0.4, 0.5) is 11.5 Å². The number of aromatic amines is 1. The number of nitrogens with one attached hydrogen (secondary N) is 2. The molecule has 0 saturated carbocycles. The van der Waals surface area contributed by atoms with E-state index in [2.05, 4.69) is 26.3 Å². The Bertz CT molecular complexity index is 1570. The number of carbonyl (C=O) groups is 2. The molecule has 3 heterocycles. The van der Waals surface area contributed by atoms with Gasteiger partial charge in [-0.05, 0) is 54.8 Å². The van der Waals surface area contributed by atoms with Gasteiger partial charge in [0.1, 0.15) is 23.5 Å². The van der Waals surface area contributed by atoms with Gasteiger partial charge in [-0.2, -0.15) is 5.26 Å². The number of hydrogen-bond donors (Lipinski definition) is 2. The molecule has 2 N–H and O–H groups in total. The molecule has 2 amide bonds. The molecule has 0 bridgehead atoms. The highest BCUT2D eigenvalue weighted by Crippen LogP contribution is 2.37. The number of fused-ring (bicyclic) bond motifs is 1. The second-order valence-corrected chi connectivity index (χ2v) is 9.84. The number of likely N-dealkylation sites (tertiary alicyclic amines) is 1. The molecule has 1 fully saturated rings. The fourth-order valence-corrected chi connectivity index (χ4v) is 5.24. The van der Waals surface area contributed by atoms with Crippen LogP contribution in [-0.2, 0) is 10.2 Å². The Morgan fingerprint density at radius 2 is 1.95 bits per heavy atom. The zero-order valence-corrected chi connectivity index (χ0v) is 22.6. The highest BCUT2D eigenvalue weighted by atomic mass is 16.5. The SMILES string of the molecule is COc1cccc(C2(C#N)CCN(C(=O)c3cccc(N(CCNC(C)=O)c4ncnc5[nH]ccc45)c3)CC2)c1. The molecule has 40 heavy (non-hydrogen) atoms. The molecule has 5 rings (SSSR count). The molecule has 10 heteroatoms. The first-order valence-electron chi connectivity index (χ1n) is 13.2. The maximum atomic E-state index is 13.6. The molecule has 4 aromatic rings. The van der Waals surface area contributed by atoms with E-state index < -0.39 is 5.41 Å². The summed E-state index contributed by atoms with van der Waals surface area (Å²) in [6.45, 7) is 3.26. The molecular weight excluding hydrogens is 506 g/mol. The molecule has 0 spiro atoms. The lowest BCUT2D eigenvalue weighted by atomic mass is 9.74. The molecule has 2 aromatic heterocycles. The van der Waals surface area contributed by atoms with E-state index in [-0.39, 0.29) is 11.8 Å². The highest BCUT2D eigenvalue weighted by molar-refractivity contribution is 5.96. The van der Waals surface area contributed by atoms with Crippen LogP contribution in [0.15, 0.2) is 67.1 Å². The number of nitriles is 1. The van der Waals surface area contributed by atoms with E-state index >= 15 is 0 Å². The maximum absolute atomic E-state index is 13.6. The number of piperidine rings is 1. The first-order chi connectivity index (χ1) is 19.4. The molecule has 1 aliphatic rings. The monoisotopic (exact) mass is 537 g/mol. The lowest BCUT2D eigenvalue weighted by Crippen LogP contribution is -2.44. The molecule has 0 aliphatic carbocycles. The van der Waals surface area contributed by atoms with E-state index in [1.165, 1.54) is 13.3 Å². The fourth-order valence-electron chi connectivity index (χ4n) is 5.24. The normalized spacial score (nSPS) is 14.4. The van der Waals surface area contributed by atoms with Crippen LogP contribution in [0.3, 0.4) is 0 Å².